The van der Waals surface area contributed by atoms with Crippen molar-refractivity contribution in [3.63, 3.8) is 0 Å². The molecule has 0 fully saturated rings. The first kappa shape index (κ1) is 21.3. The SMILES string of the molecule is Cc1ccccc1-n1c(C)nnc1SCC(=O)c1cc(C)n(-c2ccc3c(c2)OCO3)c1C. The van der Waals surface area contributed by atoms with Gasteiger partial charge in [0.1, 0.15) is 5.82 Å². The minimum atomic E-state index is 0.0529. The number of nitrogens with zero attached hydrogens (tertiary/aromatic N) is 4. The number of hydrogen-bond acceptors (Lipinski definition) is 6. The maximum absolute atomic E-state index is 13.2. The normalized spacial score (nSPS) is 12.4. The van der Waals surface area contributed by atoms with Gasteiger partial charge in [0.05, 0.1) is 11.4 Å². The minimum absolute atomic E-state index is 0.0529. The summed E-state index contributed by atoms with van der Waals surface area (Å²) in [6, 6.07) is 15.9. The molecule has 0 spiro atoms. The molecule has 0 saturated carbocycles. The van der Waals surface area contributed by atoms with E-state index < -0.39 is 0 Å². The number of aromatic nitrogens is 4. The molecule has 0 bridgehead atoms. The Hall–Kier alpha value is -3.52. The predicted octanol–water partition coefficient (Wildman–Crippen LogP) is 5.00. The monoisotopic (exact) mass is 460 g/mol. The van der Waals surface area contributed by atoms with E-state index in [1.54, 1.807) is 0 Å². The number of hydrogen-bond donors (Lipinski definition) is 0. The number of ether oxygens (including phenoxy) is 2. The van der Waals surface area contributed by atoms with Crippen LogP contribution >= 0.6 is 11.8 Å². The first-order valence-electron chi connectivity index (χ1n) is 10.7. The maximum Gasteiger partial charge on any atom is 0.231 e. The number of benzene rings is 2. The third-order valence-electron chi connectivity index (χ3n) is 5.83. The van der Waals surface area contributed by atoms with Gasteiger partial charge >= 0.3 is 0 Å². The Bertz CT molecular complexity index is 1370. The Morgan fingerprint density at radius 2 is 1.76 bits per heavy atom. The standard InChI is InChI=1S/C25H24N4O3S/c1-15-7-5-6-8-21(15)29-18(4)26-27-25(29)33-13-22(30)20-11-16(2)28(17(20)3)19-9-10-23-24(12-19)32-14-31-23/h5-12H,13-14H2,1-4H3. The number of carbonyl (C=O) groups excluding carboxylic acids is 1. The molecule has 7 nitrogen and oxygen atoms in total. The van der Waals surface area contributed by atoms with Crippen molar-refractivity contribution < 1.29 is 14.3 Å². The highest BCUT2D eigenvalue weighted by molar-refractivity contribution is 7.99. The first-order chi connectivity index (χ1) is 15.9. The summed E-state index contributed by atoms with van der Waals surface area (Å²) in [4.78, 5) is 13.2. The van der Waals surface area contributed by atoms with Crippen LogP contribution in [0.25, 0.3) is 11.4 Å². The molecular weight excluding hydrogens is 436 g/mol. The summed E-state index contributed by atoms with van der Waals surface area (Å²) >= 11 is 1.40. The summed E-state index contributed by atoms with van der Waals surface area (Å²) < 4.78 is 15.0. The highest BCUT2D eigenvalue weighted by Gasteiger charge is 2.21. The summed E-state index contributed by atoms with van der Waals surface area (Å²) in [7, 11) is 0. The Morgan fingerprint density at radius 1 is 0.970 bits per heavy atom. The molecule has 0 atom stereocenters. The van der Waals surface area contributed by atoms with Crippen LogP contribution in [0.3, 0.4) is 0 Å². The van der Waals surface area contributed by atoms with Crippen LogP contribution in [0, 0.1) is 27.7 Å². The zero-order valence-corrected chi connectivity index (χ0v) is 19.8. The molecule has 0 saturated heterocycles. The molecule has 0 unspecified atom stereocenters. The van der Waals surface area contributed by atoms with Gasteiger partial charge in [0.15, 0.2) is 22.4 Å². The topological polar surface area (TPSA) is 71.2 Å². The van der Waals surface area contributed by atoms with E-state index in [4.69, 9.17) is 9.47 Å². The Morgan fingerprint density at radius 3 is 2.58 bits per heavy atom. The molecule has 5 rings (SSSR count). The molecule has 2 aromatic heterocycles. The molecule has 8 heteroatoms. The van der Waals surface area contributed by atoms with Crippen molar-refractivity contribution in [3.05, 3.63) is 76.9 Å². The molecule has 4 aromatic rings. The average molecular weight is 461 g/mol. The van der Waals surface area contributed by atoms with Crippen LogP contribution in [0.1, 0.15) is 33.1 Å². The third kappa shape index (κ3) is 3.80. The second-order valence-corrected chi connectivity index (χ2v) is 8.96. The van der Waals surface area contributed by atoms with E-state index in [-0.39, 0.29) is 18.3 Å². The summed E-state index contributed by atoms with van der Waals surface area (Å²) in [5, 5.41) is 9.27. The maximum atomic E-state index is 13.2. The first-order valence-corrected chi connectivity index (χ1v) is 11.7. The zero-order chi connectivity index (χ0) is 23.1. The third-order valence-corrected chi connectivity index (χ3v) is 6.76. The number of fused-ring (bicyclic) bond motifs is 1. The van der Waals surface area contributed by atoms with Gasteiger partial charge in [-0.25, -0.2) is 0 Å². The lowest BCUT2D eigenvalue weighted by molar-refractivity contribution is 0.102. The summed E-state index contributed by atoms with van der Waals surface area (Å²) in [5.41, 5.74) is 5.68. The van der Waals surface area contributed by atoms with Crippen LogP contribution in [0.2, 0.25) is 0 Å². The van der Waals surface area contributed by atoms with Gasteiger partial charge in [0.2, 0.25) is 6.79 Å². The van der Waals surface area contributed by atoms with Gasteiger partial charge < -0.3 is 14.0 Å². The second-order valence-electron chi connectivity index (χ2n) is 8.02. The Balaban J connectivity index is 1.39. The van der Waals surface area contributed by atoms with E-state index in [9.17, 15) is 4.79 Å². The Kier molecular flexibility index (Phi) is 5.46. The fraction of sp³-hybridized carbons (Fsp3) is 0.240. The fourth-order valence-electron chi connectivity index (χ4n) is 4.20. The lowest BCUT2D eigenvalue weighted by Gasteiger charge is -2.11. The van der Waals surface area contributed by atoms with Gasteiger partial charge in [-0.3, -0.25) is 9.36 Å². The van der Waals surface area contributed by atoms with Crippen molar-refractivity contribution in [1.82, 2.24) is 19.3 Å². The van der Waals surface area contributed by atoms with E-state index in [0.717, 1.165) is 39.9 Å². The van der Waals surface area contributed by atoms with Crippen LogP contribution in [0.4, 0.5) is 0 Å². The fourth-order valence-corrected chi connectivity index (χ4v) is 5.08. The van der Waals surface area contributed by atoms with Gasteiger partial charge in [0, 0.05) is 28.7 Å². The number of para-hydroxylation sites is 1. The lowest BCUT2D eigenvalue weighted by Crippen LogP contribution is -2.07. The number of carbonyl (C=O) groups is 1. The molecule has 0 aliphatic carbocycles. The average Bonchev–Trinajstić information content (AvgIpc) is 3.49. The molecule has 168 valence electrons. The Labute approximate surface area is 196 Å². The van der Waals surface area contributed by atoms with Gasteiger partial charge in [-0.05, 0) is 57.5 Å². The summed E-state index contributed by atoms with van der Waals surface area (Å²) in [6.45, 7) is 8.18. The van der Waals surface area contributed by atoms with Crippen molar-refractivity contribution in [1.29, 1.82) is 0 Å². The van der Waals surface area contributed by atoms with E-state index in [0.29, 0.717) is 16.5 Å². The molecule has 0 radical (unpaired) electrons. The molecule has 3 heterocycles. The highest BCUT2D eigenvalue weighted by Crippen LogP contribution is 2.35. The van der Waals surface area contributed by atoms with Gasteiger partial charge in [-0.15, -0.1) is 10.2 Å². The predicted molar refractivity (Wildman–Crippen MR) is 127 cm³/mol. The van der Waals surface area contributed by atoms with Crippen molar-refractivity contribution in [3.8, 4) is 22.9 Å². The zero-order valence-electron chi connectivity index (χ0n) is 19.0. The van der Waals surface area contributed by atoms with Crippen molar-refractivity contribution >= 4 is 17.5 Å². The molecule has 0 N–H and O–H groups in total. The van der Waals surface area contributed by atoms with Crippen molar-refractivity contribution in [2.24, 2.45) is 0 Å². The van der Waals surface area contributed by atoms with E-state index >= 15 is 0 Å². The number of rotatable bonds is 6. The van der Waals surface area contributed by atoms with Crippen LogP contribution < -0.4 is 9.47 Å². The molecule has 1 aliphatic rings. The molecular formula is C25H24N4O3S. The number of ketones is 1. The number of aryl methyl sites for hydroxylation is 3. The van der Waals surface area contributed by atoms with Gasteiger partial charge in [0.25, 0.3) is 0 Å². The van der Waals surface area contributed by atoms with Crippen molar-refractivity contribution in [2.45, 2.75) is 32.9 Å². The minimum Gasteiger partial charge on any atom is -0.454 e. The van der Waals surface area contributed by atoms with E-state index in [1.165, 1.54) is 11.8 Å². The lowest BCUT2D eigenvalue weighted by atomic mass is 10.2. The highest BCUT2D eigenvalue weighted by atomic mass is 32.2. The van der Waals surface area contributed by atoms with Crippen LogP contribution in [0.5, 0.6) is 11.5 Å². The summed E-state index contributed by atoms with van der Waals surface area (Å²) in [6.07, 6.45) is 0. The van der Waals surface area contributed by atoms with Crippen LogP contribution in [-0.4, -0.2) is 37.7 Å². The number of Topliss-reactive ketones (excluding diaryl/α,β-unsaturated/α-hetero) is 1. The van der Waals surface area contributed by atoms with E-state index in [1.807, 2.05) is 67.8 Å². The van der Waals surface area contributed by atoms with E-state index in [2.05, 4.69) is 27.8 Å². The largest absolute Gasteiger partial charge is 0.454 e. The van der Waals surface area contributed by atoms with Gasteiger partial charge in [-0.1, -0.05) is 30.0 Å². The molecule has 1 aliphatic heterocycles. The molecule has 2 aromatic carbocycles. The summed E-state index contributed by atoms with van der Waals surface area (Å²) in [5.74, 6) is 2.57. The van der Waals surface area contributed by atoms with Crippen LogP contribution in [0.15, 0.2) is 53.7 Å². The second kappa shape index (κ2) is 8.44. The van der Waals surface area contributed by atoms with Crippen molar-refractivity contribution in [2.75, 3.05) is 12.5 Å². The smallest absolute Gasteiger partial charge is 0.231 e. The van der Waals surface area contributed by atoms with Gasteiger partial charge in [-0.2, -0.15) is 0 Å². The number of thioether (sulfide) groups is 1. The quantitative estimate of drug-likeness (QED) is 0.298. The molecule has 33 heavy (non-hydrogen) atoms. The van der Waals surface area contributed by atoms with Crippen LogP contribution in [-0.2, 0) is 0 Å². The molecule has 0 amide bonds.